The number of carbonyl (C=O) groups excluding carboxylic acids is 2. The molecule has 0 spiro atoms. The zero-order valence-electron chi connectivity index (χ0n) is 10.0. The van der Waals surface area contributed by atoms with Gasteiger partial charge in [0.25, 0.3) is 0 Å². The second-order valence-corrected chi connectivity index (χ2v) is 4.53. The molecule has 92 valence electrons. The van der Waals surface area contributed by atoms with E-state index in [9.17, 15) is 9.59 Å². The fourth-order valence-corrected chi connectivity index (χ4v) is 2.01. The lowest BCUT2D eigenvalue weighted by Crippen LogP contribution is -2.11. The van der Waals surface area contributed by atoms with Crippen molar-refractivity contribution in [1.29, 1.82) is 0 Å². The minimum atomic E-state index is -0.345. The predicted octanol–water partition coefficient (Wildman–Crippen LogP) is 3.36. The van der Waals surface area contributed by atoms with Gasteiger partial charge in [-0.2, -0.15) is 0 Å². The number of cyclic esters (lactones) is 2. The van der Waals surface area contributed by atoms with Gasteiger partial charge in [0.2, 0.25) is 0 Å². The van der Waals surface area contributed by atoms with E-state index in [1.54, 1.807) is 0 Å². The summed E-state index contributed by atoms with van der Waals surface area (Å²) in [6.45, 7) is 0. The summed E-state index contributed by atoms with van der Waals surface area (Å²) < 4.78 is 4.72. The van der Waals surface area contributed by atoms with Crippen LogP contribution in [0.4, 0.5) is 0 Å². The molecular formula is C13H22O3. The van der Waals surface area contributed by atoms with Gasteiger partial charge >= 0.3 is 11.9 Å². The second-order valence-electron chi connectivity index (χ2n) is 4.53. The number of carbonyl (C=O) groups is 2. The molecule has 0 radical (unpaired) electrons. The Kier molecular flexibility index (Phi) is 6.86. The Hall–Kier alpha value is -0.860. The van der Waals surface area contributed by atoms with Crippen LogP contribution in [0.2, 0.25) is 0 Å². The molecule has 1 aliphatic heterocycles. The van der Waals surface area contributed by atoms with Crippen LogP contribution in [0.15, 0.2) is 0 Å². The topological polar surface area (TPSA) is 43.4 Å². The Balaban J connectivity index is 2.26. The average molecular weight is 226 g/mol. The monoisotopic (exact) mass is 226 g/mol. The molecule has 3 nitrogen and oxygen atoms in total. The first-order valence-corrected chi connectivity index (χ1v) is 6.52. The van der Waals surface area contributed by atoms with Crippen LogP contribution in [-0.4, -0.2) is 11.9 Å². The molecule has 0 amide bonds. The fourth-order valence-electron chi connectivity index (χ4n) is 2.01. The van der Waals surface area contributed by atoms with Crippen molar-refractivity contribution in [2.45, 2.75) is 70.6 Å². The first-order chi connectivity index (χ1) is 7.79. The summed E-state index contributed by atoms with van der Waals surface area (Å²) in [5.41, 5.74) is 0. The Morgan fingerprint density at radius 3 is 1.25 bits per heavy atom. The zero-order valence-corrected chi connectivity index (χ0v) is 10.0. The van der Waals surface area contributed by atoms with Crippen molar-refractivity contribution in [2.24, 2.45) is 0 Å². The van der Waals surface area contributed by atoms with Crippen molar-refractivity contribution in [3.8, 4) is 0 Å². The largest absolute Gasteiger partial charge is 0.393 e. The molecule has 0 bridgehead atoms. The maximum Gasteiger partial charge on any atom is 0.313 e. The van der Waals surface area contributed by atoms with Gasteiger partial charge in [0.15, 0.2) is 0 Å². The maximum absolute atomic E-state index is 11.2. The Morgan fingerprint density at radius 1 is 0.562 bits per heavy atom. The van der Waals surface area contributed by atoms with Crippen LogP contribution >= 0.6 is 0 Å². The van der Waals surface area contributed by atoms with Crippen LogP contribution in [0.1, 0.15) is 70.6 Å². The third-order valence-electron chi connectivity index (χ3n) is 2.99. The van der Waals surface area contributed by atoms with Crippen LogP contribution in [0.5, 0.6) is 0 Å². The Labute approximate surface area is 97.5 Å². The third-order valence-corrected chi connectivity index (χ3v) is 2.99. The van der Waals surface area contributed by atoms with Gasteiger partial charge in [0, 0.05) is 12.8 Å². The summed E-state index contributed by atoms with van der Waals surface area (Å²) in [5, 5.41) is 0. The molecule has 1 rings (SSSR count). The van der Waals surface area contributed by atoms with Crippen LogP contribution in [0, 0.1) is 0 Å². The Morgan fingerprint density at radius 2 is 0.875 bits per heavy atom. The van der Waals surface area contributed by atoms with E-state index in [0.717, 1.165) is 25.7 Å². The van der Waals surface area contributed by atoms with Crippen molar-refractivity contribution in [3.63, 3.8) is 0 Å². The molecule has 3 heteroatoms. The van der Waals surface area contributed by atoms with Crippen molar-refractivity contribution in [2.75, 3.05) is 0 Å². The molecule has 0 atom stereocenters. The highest BCUT2D eigenvalue weighted by atomic mass is 16.6. The SMILES string of the molecule is O=C1CCCCCCCCCCCC(=O)O1. The second kappa shape index (κ2) is 8.31. The highest BCUT2D eigenvalue weighted by molar-refractivity contribution is 5.85. The maximum atomic E-state index is 11.2. The van der Waals surface area contributed by atoms with Gasteiger partial charge in [-0.1, -0.05) is 44.9 Å². The number of rotatable bonds is 0. The normalized spacial score (nSPS) is 22.2. The van der Waals surface area contributed by atoms with Crippen molar-refractivity contribution < 1.29 is 14.3 Å². The smallest absolute Gasteiger partial charge is 0.313 e. The van der Waals surface area contributed by atoms with Gasteiger partial charge in [-0.15, -0.1) is 0 Å². The fraction of sp³-hybridized carbons (Fsp3) is 0.846. The molecule has 0 aromatic rings. The van der Waals surface area contributed by atoms with E-state index in [1.807, 2.05) is 0 Å². The van der Waals surface area contributed by atoms with Gasteiger partial charge < -0.3 is 4.74 Å². The van der Waals surface area contributed by atoms with Gasteiger partial charge in [-0.05, 0) is 12.8 Å². The molecule has 0 N–H and O–H groups in total. The number of hydrogen-bond donors (Lipinski definition) is 0. The first-order valence-electron chi connectivity index (χ1n) is 6.52. The Bertz CT molecular complexity index is 201. The highest BCUT2D eigenvalue weighted by Crippen LogP contribution is 2.13. The lowest BCUT2D eigenvalue weighted by Gasteiger charge is -2.05. The van der Waals surface area contributed by atoms with E-state index >= 15 is 0 Å². The summed E-state index contributed by atoms with van der Waals surface area (Å²) in [6.07, 6.45) is 10.9. The number of ether oxygens (including phenoxy) is 1. The first kappa shape index (κ1) is 13.2. The summed E-state index contributed by atoms with van der Waals surface area (Å²) in [4.78, 5) is 22.4. The molecular weight excluding hydrogens is 204 g/mol. The van der Waals surface area contributed by atoms with Gasteiger partial charge in [-0.25, -0.2) is 0 Å². The molecule has 0 saturated carbocycles. The molecule has 1 fully saturated rings. The molecule has 1 aliphatic rings. The van der Waals surface area contributed by atoms with Gasteiger partial charge in [0.1, 0.15) is 0 Å². The van der Waals surface area contributed by atoms with E-state index in [0.29, 0.717) is 12.8 Å². The summed E-state index contributed by atoms with van der Waals surface area (Å²) >= 11 is 0. The summed E-state index contributed by atoms with van der Waals surface area (Å²) in [5.74, 6) is -0.691. The summed E-state index contributed by atoms with van der Waals surface area (Å²) in [6, 6.07) is 0. The van der Waals surface area contributed by atoms with E-state index in [4.69, 9.17) is 4.74 Å². The quantitative estimate of drug-likeness (QED) is 0.470. The molecule has 16 heavy (non-hydrogen) atoms. The van der Waals surface area contributed by atoms with E-state index < -0.39 is 0 Å². The average Bonchev–Trinajstić information content (AvgIpc) is 2.25. The minimum absolute atomic E-state index is 0.345. The number of esters is 2. The van der Waals surface area contributed by atoms with Crippen LogP contribution < -0.4 is 0 Å². The standard InChI is InChI=1S/C13H22O3/c14-12-10-8-6-4-2-1-3-5-7-9-11-13(15)16-12/h1-11H2. The lowest BCUT2D eigenvalue weighted by atomic mass is 10.1. The summed E-state index contributed by atoms with van der Waals surface area (Å²) in [7, 11) is 0. The van der Waals surface area contributed by atoms with Gasteiger partial charge in [-0.3, -0.25) is 9.59 Å². The van der Waals surface area contributed by atoms with Crippen LogP contribution in [0.25, 0.3) is 0 Å². The zero-order chi connectivity index (χ0) is 11.6. The van der Waals surface area contributed by atoms with Crippen LogP contribution in [-0.2, 0) is 14.3 Å². The van der Waals surface area contributed by atoms with Crippen molar-refractivity contribution >= 4 is 11.9 Å². The third kappa shape index (κ3) is 6.59. The van der Waals surface area contributed by atoms with Crippen LogP contribution in [0.3, 0.4) is 0 Å². The molecule has 0 aromatic carbocycles. The lowest BCUT2D eigenvalue weighted by molar-refractivity contribution is -0.159. The number of hydrogen-bond acceptors (Lipinski definition) is 3. The van der Waals surface area contributed by atoms with E-state index in [-0.39, 0.29) is 11.9 Å². The highest BCUT2D eigenvalue weighted by Gasteiger charge is 2.10. The molecule has 0 aliphatic carbocycles. The van der Waals surface area contributed by atoms with E-state index in [2.05, 4.69) is 0 Å². The molecule has 0 aromatic heterocycles. The molecule has 0 unspecified atom stereocenters. The van der Waals surface area contributed by atoms with Crippen molar-refractivity contribution in [1.82, 2.24) is 0 Å². The van der Waals surface area contributed by atoms with E-state index in [1.165, 1.54) is 32.1 Å². The minimum Gasteiger partial charge on any atom is -0.393 e. The predicted molar refractivity (Wildman–Crippen MR) is 61.9 cm³/mol. The van der Waals surface area contributed by atoms with Gasteiger partial charge in [0.05, 0.1) is 0 Å². The molecule has 1 saturated heterocycles. The van der Waals surface area contributed by atoms with Crippen molar-refractivity contribution in [3.05, 3.63) is 0 Å². The molecule has 1 heterocycles.